The first-order valence-corrected chi connectivity index (χ1v) is 42.6. The lowest BCUT2D eigenvalue weighted by atomic mass is 9.33. The van der Waals surface area contributed by atoms with Gasteiger partial charge in [-0.3, -0.25) is 9.59 Å². The van der Waals surface area contributed by atoms with E-state index < -0.39 is 457 Å². The average Bonchev–Trinajstić information content (AvgIpc) is 1.41. The number of carboxylic acids is 4. The molecule has 0 aromatic carbocycles. The topological polar surface area (TPSA) is 688 Å². The third kappa shape index (κ3) is 5.64. The maximum absolute atomic E-state index is 16.5. The van der Waals surface area contributed by atoms with Crippen molar-refractivity contribution in [3.05, 3.63) is 297 Å². The van der Waals surface area contributed by atoms with Gasteiger partial charge in [0, 0.05) is 148 Å². The molecule has 4 heterocycles. The number of ketones is 2. The quantitative estimate of drug-likeness (QED) is 0.0877. The molecule has 0 aromatic rings. The molecule has 32 aliphatic rings. The van der Waals surface area contributed by atoms with Gasteiger partial charge in [0.15, 0.2) is 56.0 Å². The number of aliphatic hydroxyl groups excluding tert-OH is 12. The molecule has 28 aliphatic carbocycles. The van der Waals surface area contributed by atoms with Crippen molar-refractivity contribution in [2.24, 2.45) is 46.3 Å². The second-order valence-electron chi connectivity index (χ2n) is 41.3. The van der Waals surface area contributed by atoms with Crippen LogP contribution in [0.25, 0.3) is 0 Å². The highest BCUT2D eigenvalue weighted by Gasteiger charge is 3.02. The molecule has 0 amide bonds. The number of allylic oxidation sites excluding steroid dienone is 8. The van der Waals surface area contributed by atoms with Gasteiger partial charge in [-0.05, 0) is 129 Å². The van der Waals surface area contributed by atoms with Gasteiger partial charge in [-0.15, -0.1) is 0 Å². The molecule has 32 rings (SSSR count). The summed E-state index contributed by atoms with van der Waals surface area (Å²) in [5.74, 6) is -36.4. The van der Waals surface area contributed by atoms with Crippen LogP contribution in [0.5, 0.6) is 0 Å². The molecule has 131 heavy (non-hydrogen) atoms. The molecule has 0 saturated carbocycles. The fraction of sp³-hybridized carbons (Fsp3) is 0.383. The number of aliphatic hydroxyl groups is 22. The Labute approximate surface area is 726 Å². The molecule has 0 aromatic heterocycles. The molecule has 32 unspecified atom stereocenters. The monoisotopic (exact) mass is 1780 g/mol. The Hall–Kier alpha value is -11.4. The van der Waals surface area contributed by atoms with Crippen molar-refractivity contribution >= 4 is 35.4 Å². The lowest BCUT2D eigenvalue weighted by Gasteiger charge is -2.70. The van der Waals surface area contributed by atoms with Gasteiger partial charge in [0.1, 0.15) is 81.4 Å². The van der Waals surface area contributed by atoms with Gasteiger partial charge >= 0.3 is 23.9 Å². The third-order valence-electron chi connectivity index (χ3n) is 37.6. The highest BCUT2D eigenvalue weighted by Crippen LogP contribution is 2.94. The predicted molar refractivity (Wildman–Crippen MR) is 412 cm³/mol. The minimum Gasteiger partial charge on any atom is -0.508 e. The van der Waals surface area contributed by atoms with Crippen LogP contribution in [0.3, 0.4) is 0 Å². The van der Waals surface area contributed by atoms with Crippen LogP contribution in [0.15, 0.2) is 297 Å². The molecular formula is C94H62O37. The number of carboxylic acid groups (broad SMARTS) is 4. The average molecular weight is 1780 g/mol. The Bertz CT molecular complexity index is 7250. The van der Waals surface area contributed by atoms with Crippen LogP contribution in [0.1, 0.15) is 26.7 Å². The Morgan fingerprint density at radius 2 is 0.794 bits per heavy atom. The van der Waals surface area contributed by atoms with E-state index in [2.05, 4.69) is 0 Å². The minimum absolute atomic E-state index is 0.426. The second kappa shape index (κ2) is 18.8. The first-order chi connectivity index (χ1) is 61.5. The van der Waals surface area contributed by atoms with Crippen molar-refractivity contribution in [2.75, 3.05) is 0 Å². The fourth-order valence-corrected chi connectivity index (χ4v) is 33.7. The maximum atomic E-state index is 16.5. The summed E-state index contributed by atoms with van der Waals surface area (Å²) in [6.45, 7) is 2.60. The van der Waals surface area contributed by atoms with E-state index >= 15 is 40.2 Å². The standard InChI is InChI=1S/C94H62O37/c1-77-15-27-63(25-9-17-7-21(73(109)110)57(101)45-47(17)87(123)65-39-23(93(125)79(128-93)5-3-29(95)49(45)85(65,79)121)11-19-35-41(39)67(83(25,87)119)89(27)91(130-89)55(35)53-43(37(19)75(113)114)59(103)61(105)71(107)81(53,117)51(69(77)91)31(97)13-33(77)99)127-64-26-10-18-8-22(74(111)112)58(102)46-48(18)88(124)66-40-24(94(126)80(129-94)6-4-30(96)50(46)86(66,80)122)12-20-36-42(40)68(84(26,88)120)90-28(64)16-78(2)34(100)14-32(98)52-70(78)92(90,131-90)56(36)54-44(38(20)76(115)116)60(104)62(106)72(108)82(52,54)118/h3-6,9-16,29-30,33-36,49-50,55-56,59-62,95-106,117-126H,7-8H2,1-2H3,(H,109,110)(H,111,112)(H,113,114)(H,115,116). The zero-order valence-corrected chi connectivity index (χ0v) is 66.5. The number of epoxide rings is 4. The lowest BCUT2D eigenvalue weighted by molar-refractivity contribution is -0.150. The van der Waals surface area contributed by atoms with Gasteiger partial charge < -0.3 is 156 Å². The zero-order valence-electron chi connectivity index (χ0n) is 66.5. The Morgan fingerprint density at radius 3 is 1.15 bits per heavy atom. The van der Waals surface area contributed by atoms with E-state index in [4.69, 9.17) is 23.7 Å². The smallest absolute Gasteiger partial charge is 0.336 e. The normalized spacial score (nSPS) is 53.3. The Morgan fingerprint density at radius 1 is 0.420 bits per heavy atom. The molecule has 0 radical (unpaired) electrons. The molecule has 32 atom stereocenters. The molecule has 6 spiro atoms. The van der Waals surface area contributed by atoms with E-state index in [0.29, 0.717) is 0 Å². The Balaban J connectivity index is 0.798. The van der Waals surface area contributed by atoms with Gasteiger partial charge in [-0.1, -0.05) is 24.3 Å². The minimum atomic E-state index is -3.76. The summed E-state index contributed by atoms with van der Waals surface area (Å²) in [5, 5.41) is 355. The molecular weight excluding hydrogens is 1720 g/mol. The van der Waals surface area contributed by atoms with E-state index in [1.54, 1.807) is 0 Å². The lowest BCUT2D eigenvalue weighted by Crippen LogP contribution is -2.80. The van der Waals surface area contributed by atoms with Crippen LogP contribution in [0.2, 0.25) is 0 Å². The van der Waals surface area contributed by atoms with Crippen LogP contribution in [-0.4, -0.2) is 307 Å². The number of rotatable bonds is 6. The van der Waals surface area contributed by atoms with Crippen molar-refractivity contribution in [1.29, 1.82) is 0 Å². The summed E-state index contributed by atoms with van der Waals surface area (Å²) in [6.07, 6.45) is -9.33. The van der Waals surface area contributed by atoms with Gasteiger partial charge in [0.05, 0.1) is 58.5 Å². The molecule has 660 valence electrons. The van der Waals surface area contributed by atoms with Crippen molar-refractivity contribution < 1.29 is 185 Å². The largest absolute Gasteiger partial charge is 0.508 e. The van der Waals surface area contributed by atoms with E-state index in [1.165, 1.54) is 26.0 Å². The number of aliphatic carboxylic acids is 4. The van der Waals surface area contributed by atoms with Crippen molar-refractivity contribution in [3.8, 4) is 0 Å². The molecule has 4 fully saturated rings. The van der Waals surface area contributed by atoms with Crippen molar-refractivity contribution in [3.63, 3.8) is 0 Å². The summed E-state index contributed by atoms with van der Waals surface area (Å²) < 4.78 is 37.0. The molecule has 37 nitrogen and oxygen atoms in total. The highest BCUT2D eigenvalue weighted by molar-refractivity contribution is 6.11. The van der Waals surface area contributed by atoms with E-state index in [0.717, 1.165) is 60.8 Å². The van der Waals surface area contributed by atoms with Crippen molar-refractivity contribution in [2.45, 2.75) is 166 Å². The van der Waals surface area contributed by atoms with Crippen LogP contribution < -0.4 is 0 Å². The summed E-state index contributed by atoms with van der Waals surface area (Å²) in [7, 11) is 0. The summed E-state index contributed by atoms with van der Waals surface area (Å²) in [5.41, 5.74) is -74.4. The summed E-state index contributed by atoms with van der Waals surface area (Å²) >= 11 is 0. The Kier molecular flexibility index (Phi) is 10.6. The van der Waals surface area contributed by atoms with Crippen LogP contribution >= 0.6 is 0 Å². The SMILES string of the molecule is CC12C=C3C(OC4=C5C=C6CC(C(=O)O)=C(O)C7=C6C6(O)C8=C9C(=CC%10=C(C(=O)O)C%11=C%12C%13C%10C9=C(C56O)C56OC%135C5=C(C(O)=CC(O)C5(C)C=C46)C%12(O)C(=O)C(O)C%11O)C4(O)OC45C=CC(O)C7C85O)=C4C=C5CC(C(=O)O)=C(O)C6=C5C5(O)C7=C8C(=CC9=C(C(=O)O)C%10=C%11C%12C9C8=C(C45O)C34OC%124C1=C(C(O)=CC2O)C%11(O)C(=O)C(O)C%10O)C1(O)OC12C=CC(O)C6C72O. The number of hydrogen-bond acceptors (Lipinski definition) is 33. The molecule has 0 bridgehead atoms. The number of carbonyl (C=O) groups is 6. The first-order valence-electron chi connectivity index (χ1n) is 42.6. The number of hydrogen-bond donors (Lipinski definition) is 26. The van der Waals surface area contributed by atoms with Gasteiger partial charge in [0.2, 0.25) is 23.1 Å². The molecule has 37 heteroatoms. The summed E-state index contributed by atoms with van der Waals surface area (Å²) in [6, 6.07) is 0. The zero-order chi connectivity index (χ0) is 91.1. The first kappa shape index (κ1) is 74.2. The van der Waals surface area contributed by atoms with Crippen LogP contribution in [-0.2, 0) is 52.5 Å². The van der Waals surface area contributed by atoms with Gasteiger partial charge in [-0.25, -0.2) is 19.2 Å². The van der Waals surface area contributed by atoms with Gasteiger partial charge in [-0.2, -0.15) is 0 Å². The molecule has 4 aliphatic heterocycles. The fourth-order valence-electron chi connectivity index (χ4n) is 33.7. The van der Waals surface area contributed by atoms with E-state index in [9.17, 15) is 121 Å². The number of fused-ring (bicyclic) bond motifs is 6. The van der Waals surface area contributed by atoms with E-state index in [1.807, 2.05) is 0 Å². The predicted octanol–water partition coefficient (Wildman–Crippen LogP) is -4.74. The number of Topliss-reactive ketones (excluding diaryl/α,β-unsaturated/α-hetero) is 2. The van der Waals surface area contributed by atoms with Crippen LogP contribution in [0.4, 0.5) is 0 Å². The second-order valence-corrected chi connectivity index (χ2v) is 41.3. The molecule has 4 saturated heterocycles. The number of ether oxygens (including phenoxy) is 5. The number of carbonyl (C=O) groups excluding carboxylic acids is 2. The highest BCUT2D eigenvalue weighted by atomic mass is 16.8. The maximum Gasteiger partial charge on any atom is 0.336 e. The third-order valence-corrected chi connectivity index (χ3v) is 37.6. The molecule has 26 N–H and O–H groups in total. The van der Waals surface area contributed by atoms with E-state index in [-0.39, 0.29) is 0 Å². The van der Waals surface area contributed by atoms with Crippen LogP contribution in [0, 0.1) is 46.3 Å². The van der Waals surface area contributed by atoms with Crippen molar-refractivity contribution in [1.82, 2.24) is 0 Å². The summed E-state index contributed by atoms with van der Waals surface area (Å²) in [4.78, 5) is 90.2. The van der Waals surface area contributed by atoms with Gasteiger partial charge in [0.25, 0.3) is 0 Å².